The van der Waals surface area contributed by atoms with Crippen molar-refractivity contribution in [1.82, 2.24) is 14.5 Å². The molecule has 0 saturated heterocycles. The van der Waals surface area contributed by atoms with Gasteiger partial charge in [0, 0.05) is 11.6 Å². The van der Waals surface area contributed by atoms with Crippen LogP contribution in [0, 0.1) is 0 Å². The fourth-order valence-electron chi connectivity index (χ4n) is 2.95. The van der Waals surface area contributed by atoms with Crippen molar-refractivity contribution in [3.8, 4) is 11.5 Å². The maximum Gasteiger partial charge on any atom is 0.281 e. The summed E-state index contributed by atoms with van der Waals surface area (Å²) in [6, 6.07) is 5.33. The van der Waals surface area contributed by atoms with Gasteiger partial charge in [0.05, 0.1) is 20.8 Å². The van der Waals surface area contributed by atoms with Gasteiger partial charge in [0.1, 0.15) is 11.5 Å². The van der Waals surface area contributed by atoms with Crippen molar-refractivity contribution >= 4 is 33.4 Å². The van der Waals surface area contributed by atoms with Gasteiger partial charge < -0.3 is 9.47 Å². The Balaban J connectivity index is 1.88. The number of hydrogen-bond donors (Lipinski definition) is 0. The molecule has 1 aromatic carbocycles. The number of ether oxygens (including phenoxy) is 2. The molecule has 1 saturated carbocycles. The van der Waals surface area contributed by atoms with Gasteiger partial charge in [0.2, 0.25) is 0 Å². The molecule has 6 nitrogen and oxygen atoms in total. The first kappa shape index (κ1) is 18.2. The van der Waals surface area contributed by atoms with Crippen LogP contribution in [0.4, 0.5) is 4.39 Å². The number of alkyl halides is 1. The smallest absolute Gasteiger partial charge is 0.281 e. The van der Waals surface area contributed by atoms with Crippen LogP contribution in [0.3, 0.4) is 0 Å². The van der Waals surface area contributed by atoms with Crippen LogP contribution >= 0.6 is 23.1 Å². The van der Waals surface area contributed by atoms with Crippen LogP contribution in [0.5, 0.6) is 11.5 Å². The van der Waals surface area contributed by atoms with E-state index in [0.717, 1.165) is 9.90 Å². The first-order valence-electron chi connectivity index (χ1n) is 8.35. The number of aromatic nitrogens is 3. The quantitative estimate of drug-likeness (QED) is 0.582. The van der Waals surface area contributed by atoms with Crippen LogP contribution in [-0.2, 0) is 12.2 Å². The molecule has 0 bridgehead atoms. The lowest BCUT2D eigenvalue weighted by molar-refractivity contribution is 0.287. The number of rotatable bonds is 6. The fraction of sp³-hybridized carbons (Fsp3) is 0.389. The van der Waals surface area contributed by atoms with Crippen LogP contribution < -0.4 is 15.0 Å². The van der Waals surface area contributed by atoms with Crippen molar-refractivity contribution < 1.29 is 13.9 Å². The molecule has 0 aliphatic heterocycles. The molecule has 2 aromatic heterocycles. The molecule has 4 rings (SSSR count). The number of hydrogen-bond acceptors (Lipinski definition) is 7. The summed E-state index contributed by atoms with van der Waals surface area (Å²) in [5.74, 6) is 1.39. The van der Waals surface area contributed by atoms with Gasteiger partial charge in [-0.3, -0.25) is 9.36 Å². The van der Waals surface area contributed by atoms with Gasteiger partial charge in [-0.2, -0.15) is 0 Å². The van der Waals surface area contributed by atoms with Gasteiger partial charge in [-0.15, -0.1) is 0 Å². The molecule has 0 radical (unpaired) electrons. The first-order chi connectivity index (χ1) is 13.0. The van der Waals surface area contributed by atoms with E-state index in [1.807, 2.05) is 12.3 Å². The van der Waals surface area contributed by atoms with E-state index in [0.29, 0.717) is 29.2 Å². The van der Waals surface area contributed by atoms with E-state index in [2.05, 4.69) is 9.97 Å². The van der Waals surface area contributed by atoms with Crippen molar-refractivity contribution in [3.05, 3.63) is 39.9 Å². The van der Waals surface area contributed by atoms with E-state index >= 15 is 0 Å². The topological polar surface area (TPSA) is 66.2 Å². The van der Waals surface area contributed by atoms with Crippen LogP contribution in [0.15, 0.2) is 27.3 Å². The maximum atomic E-state index is 15.0. The Bertz CT molecular complexity index is 1080. The van der Waals surface area contributed by atoms with Gasteiger partial charge in [-0.05, 0) is 31.2 Å². The molecule has 0 N–H and O–H groups in total. The number of fused-ring (bicyclic) bond motifs is 1. The van der Waals surface area contributed by atoms with E-state index in [1.54, 1.807) is 26.4 Å². The third-order valence-electron chi connectivity index (χ3n) is 4.59. The number of thioether (sulfide) groups is 1. The summed E-state index contributed by atoms with van der Waals surface area (Å²) in [4.78, 5) is 22.4. The molecule has 27 heavy (non-hydrogen) atoms. The zero-order chi connectivity index (χ0) is 19.2. The van der Waals surface area contributed by atoms with Gasteiger partial charge in [0.25, 0.3) is 5.56 Å². The normalized spacial score (nSPS) is 15.1. The van der Waals surface area contributed by atoms with Gasteiger partial charge in [0.15, 0.2) is 26.2 Å². The molecular weight excluding hydrogens is 389 g/mol. The lowest BCUT2D eigenvalue weighted by Crippen LogP contribution is -2.29. The summed E-state index contributed by atoms with van der Waals surface area (Å²) in [6.07, 6.45) is 2.63. The summed E-state index contributed by atoms with van der Waals surface area (Å²) < 4.78 is 27.8. The number of benzene rings is 1. The molecule has 1 aliphatic carbocycles. The van der Waals surface area contributed by atoms with Crippen molar-refractivity contribution in [2.24, 2.45) is 0 Å². The molecular formula is C18H18FN3O3S2. The molecule has 142 valence electrons. The van der Waals surface area contributed by atoms with Crippen molar-refractivity contribution in [2.45, 2.75) is 29.4 Å². The largest absolute Gasteiger partial charge is 0.497 e. The van der Waals surface area contributed by atoms with Crippen LogP contribution in [0.2, 0.25) is 0 Å². The highest BCUT2D eigenvalue weighted by Gasteiger charge is 2.49. The van der Waals surface area contributed by atoms with E-state index in [4.69, 9.17) is 9.47 Å². The second kappa shape index (κ2) is 6.79. The third kappa shape index (κ3) is 3.19. The molecule has 0 atom stereocenters. The van der Waals surface area contributed by atoms with Crippen LogP contribution in [-0.4, -0.2) is 35.0 Å². The van der Waals surface area contributed by atoms with E-state index < -0.39 is 5.67 Å². The standard InChI is InChI=1S/C18H18FN3O3S2/c1-24-11-5-4-10(12(8-11)25-2)9-22-15(23)13-14(27-17(20-13)26-3)21-16(22)18(19)6-7-18/h4-5,8H,6-7,9H2,1-3H3. The van der Waals surface area contributed by atoms with Crippen LogP contribution in [0.25, 0.3) is 10.3 Å². The highest BCUT2D eigenvalue weighted by atomic mass is 32.2. The molecule has 0 amide bonds. The van der Waals surface area contributed by atoms with Gasteiger partial charge in [-0.1, -0.05) is 23.1 Å². The second-order valence-corrected chi connectivity index (χ2v) is 8.34. The lowest BCUT2D eigenvalue weighted by Gasteiger charge is -2.16. The number of halogens is 1. The molecule has 0 unspecified atom stereocenters. The molecule has 2 heterocycles. The molecule has 9 heteroatoms. The minimum atomic E-state index is -1.55. The zero-order valence-corrected chi connectivity index (χ0v) is 16.7. The molecule has 0 spiro atoms. The summed E-state index contributed by atoms with van der Waals surface area (Å²) in [7, 11) is 3.12. The predicted octanol–water partition coefficient (Wildman–Crippen LogP) is 3.60. The summed E-state index contributed by atoms with van der Waals surface area (Å²) in [5.41, 5.74) is -0.845. The zero-order valence-electron chi connectivity index (χ0n) is 15.1. The maximum absolute atomic E-state index is 15.0. The molecule has 3 aromatic rings. The highest BCUT2D eigenvalue weighted by molar-refractivity contribution is 8.00. The Labute approximate surface area is 163 Å². The minimum Gasteiger partial charge on any atom is -0.497 e. The van der Waals surface area contributed by atoms with Crippen molar-refractivity contribution in [2.75, 3.05) is 20.5 Å². The Morgan fingerprint density at radius 1 is 1.30 bits per heavy atom. The first-order valence-corrected chi connectivity index (χ1v) is 10.4. The number of thiazole rings is 1. The van der Waals surface area contributed by atoms with Crippen molar-refractivity contribution in [1.29, 1.82) is 0 Å². The fourth-order valence-corrected chi connectivity index (χ4v) is 4.37. The van der Waals surface area contributed by atoms with E-state index in [-0.39, 0.29) is 23.4 Å². The average molecular weight is 407 g/mol. The number of nitrogens with zero attached hydrogens (tertiary/aromatic N) is 3. The third-order valence-corrected chi connectivity index (χ3v) is 6.52. The SMILES string of the molecule is COc1ccc(Cn2c(C3(F)CC3)nc3sc(SC)nc3c2=O)c(OC)c1. The Kier molecular flexibility index (Phi) is 4.59. The van der Waals surface area contributed by atoms with Crippen molar-refractivity contribution in [3.63, 3.8) is 0 Å². The summed E-state index contributed by atoms with van der Waals surface area (Å²) in [6.45, 7) is 0.155. The average Bonchev–Trinajstić information content (AvgIpc) is 3.28. The highest BCUT2D eigenvalue weighted by Crippen LogP contribution is 2.49. The predicted molar refractivity (Wildman–Crippen MR) is 104 cm³/mol. The summed E-state index contributed by atoms with van der Waals surface area (Å²) in [5, 5.41) is 0. The van der Waals surface area contributed by atoms with Gasteiger partial charge in [-0.25, -0.2) is 14.4 Å². The van der Waals surface area contributed by atoms with E-state index in [9.17, 15) is 9.18 Å². The number of methoxy groups -OCH3 is 2. The Morgan fingerprint density at radius 2 is 2.07 bits per heavy atom. The minimum absolute atomic E-state index is 0.155. The van der Waals surface area contributed by atoms with E-state index in [1.165, 1.54) is 27.7 Å². The lowest BCUT2D eigenvalue weighted by atomic mass is 10.1. The van der Waals surface area contributed by atoms with Gasteiger partial charge >= 0.3 is 0 Å². The Morgan fingerprint density at radius 3 is 2.70 bits per heavy atom. The molecule has 1 fully saturated rings. The Hall–Kier alpha value is -2.13. The second-order valence-electron chi connectivity index (χ2n) is 6.31. The molecule has 1 aliphatic rings. The summed E-state index contributed by atoms with van der Waals surface area (Å²) >= 11 is 2.76. The monoisotopic (exact) mass is 407 g/mol. The van der Waals surface area contributed by atoms with Crippen LogP contribution in [0.1, 0.15) is 24.2 Å².